The second kappa shape index (κ2) is 7.55. The Morgan fingerprint density at radius 1 is 0.917 bits per heavy atom. The summed E-state index contributed by atoms with van der Waals surface area (Å²) in [5.41, 5.74) is 6.58. The summed E-state index contributed by atoms with van der Waals surface area (Å²) in [5.74, 6) is 0.0744. The SMILES string of the molecule is NC(=O)N1CCCC(C(=O)N2CCCN(c3ccccc3)CC2)C1. The van der Waals surface area contributed by atoms with Crippen molar-refractivity contribution in [2.24, 2.45) is 11.7 Å². The molecular weight excluding hydrogens is 304 g/mol. The number of piperidine rings is 1. The molecule has 0 aliphatic carbocycles. The first kappa shape index (κ1) is 16.6. The minimum atomic E-state index is -0.418. The summed E-state index contributed by atoms with van der Waals surface area (Å²) in [4.78, 5) is 30.1. The summed E-state index contributed by atoms with van der Waals surface area (Å²) in [5, 5.41) is 0. The van der Waals surface area contributed by atoms with Crippen LogP contribution in [0.2, 0.25) is 0 Å². The molecule has 2 N–H and O–H groups in total. The van der Waals surface area contributed by atoms with Crippen molar-refractivity contribution in [2.45, 2.75) is 19.3 Å². The molecule has 0 saturated carbocycles. The molecule has 0 spiro atoms. The molecule has 2 aliphatic rings. The molecule has 2 aliphatic heterocycles. The van der Waals surface area contributed by atoms with Crippen LogP contribution in [0.1, 0.15) is 19.3 Å². The molecular formula is C18H26N4O2. The normalized spacial score (nSPS) is 22.2. The molecule has 1 aromatic carbocycles. The molecule has 0 bridgehead atoms. The number of nitrogens with two attached hydrogens (primary N) is 1. The van der Waals surface area contributed by atoms with Gasteiger partial charge in [-0.3, -0.25) is 4.79 Å². The number of carbonyl (C=O) groups excluding carboxylic acids is 2. The summed E-state index contributed by atoms with van der Waals surface area (Å²) in [6.45, 7) is 4.47. The highest BCUT2D eigenvalue weighted by Crippen LogP contribution is 2.21. The van der Waals surface area contributed by atoms with Crippen LogP contribution in [0.15, 0.2) is 30.3 Å². The molecule has 24 heavy (non-hydrogen) atoms. The first-order chi connectivity index (χ1) is 11.6. The van der Waals surface area contributed by atoms with E-state index in [-0.39, 0.29) is 11.8 Å². The fraction of sp³-hybridized carbons (Fsp3) is 0.556. The number of anilines is 1. The standard InChI is InChI=1S/C18H26N4O2/c19-18(24)22-9-4-6-15(14-22)17(23)21-11-5-10-20(12-13-21)16-7-2-1-3-8-16/h1-3,7-8,15H,4-6,9-14H2,(H2,19,24). The molecule has 130 valence electrons. The van der Waals surface area contributed by atoms with Gasteiger partial charge in [0.2, 0.25) is 5.91 Å². The third kappa shape index (κ3) is 3.80. The smallest absolute Gasteiger partial charge is 0.314 e. The number of amides is 3. The Kier molecular flexibility index (Phi) is 5.23. The summed E-state index contributed by atoms with van der Waals surface area (Å²) in [7, 11) is 0. The largest absolute Gasteiger partial charge is 0.370 e. The minimum absolute atomic E-state index is 0.102. The van der Waals surface area contributed by atoms with E-state index in [0.29, 0.717) is 13.1 Å². The number of likely N-dealkylation sites (tertiary alicyclic amines) is 1. The molecule has 6 nitrogen and oxygen atoms in total. The van der Waals surface area contributed by atoms with Gasteiger partial charge in [-0.1, -0.05) is 18.2 Å². The van der Waals surface area contributed by atoms with Crippen molar-refractivity contribution in [2.75, 3.05) is 44.2 Å². The number of hydrogen-bond acceptors (Lipinski definition) is 3. The molecule has 1 unspecified atom stereocenters. The molecule has 3 amide bonds. The third-order valence-electron chi connectivity index (χ3n) is 5.01. The van der Waals surface area contributed by atoms with Crippen LogP contribution < -0.4 is 10.6 Å². The topological polar surface area (TPSA) is 69.9 Å². The van der Waals surface area contributed by atoms with Crippen molar-refractivity contribution in [3.05, 3.63) is 30.3 Å². The second-order valence-electron chi connectivity index (χ2n) is 6.62. The predicted molar refractivity (Wildman–Crippen MR) is 93.7 cm³/mol. The molecule has 0 radical (unpaired) electrons. The molecule has 1 aromatic rings. The van der Waals surface area contributed by atoms with E-state index in [0.717, 1.165) is 45.4 Å². The van der Waals surface area contributed by atoms with Crippen LogP contribution in [0.4, 0.5) is 10.5 Å². The van der Waals surface area contributed by atoms with Crippen molar-refractivity contribution in [1.82, 2.24) is 9.80 Å². The van der Waals surface area contributed by atoms with E-state index >= 15 is 0 Å². The Morgan fingerprint density at radius 3 is 2.42 bits per heavy atom. The van der Waals surface area contributed by atoms with E-state index in [1.807, 2.05) is 23.1 Å². The number of para-hydroxylation sites is 1. The molecule has 3 rings (SSSR count). The van der Waals surface area contributed by atoms with Gasteiger partial charge >= 0.3 is 6.03 Å². The molecule has 1 atom stereocenters. The summed E-state index contributed by atoms with van der Waals surface area (Å²) < 4.78 is 0. The van der Waals surface area contributed by atoms with Crippen molar-refractivity contribution in [3.63, 3.8) is 0 Å². The van der Waals surface area contributed by atoms with Crippen molar-refractivity contribution < 1.29 is 9.59 Å². The van der Waals surface area contributed by atoms with Gasteiger partial charge in [-0.05, 0) is 31.4 Å². The van der Waals surface area contributed by atoms with Gasteiger partial charge in [0.1, 0.15) is 0 Å². The molecule has 0 aromatic heterocycles. The third-order valence-corrected chi connectivity index (χ3v) is 5.01. The lowest BCUT2D eigenvalue weighted by molar-refractivity contribution is -0.136. The first-order valence-corrected chi connectivity index (χ1v) is 8.78. The Bertz CT molecular complexity index is 578. The van der Waals surface area contributed by atoms with Crippen molar-refractivity contribution >= 4 is 17.6 Å². The average molecular weight is 330 g/mol. The van der Waals surface area contributed by atoms with Gasteiger partial charge in [0, 0.05) is 45.0 Å². The number of nitrogens with zero attached hydrogens (tertiary/aromatic N) is 3. The van der Waals surface area contributed by atoms with E-state index in [1.54, 1.807) is 4.90 Å². The highest BCUT2D eigenvalue weighted by molar-refractivity contribution is 5.80. The lowest BCUT2D eigenvalue weighted by Gasteiger charge is -2.33. The van der Waals surface area contributed by atoms with Crippen molar-refractivity contribution in [1.29, 1.82) is 0 Å². The highest BCUT2D eigenvalue weighted by atomic mass is 16.2. The summed E-state index contributed by atoms with van der Waals surface area (Å²) in [6.07, 6.45) is 2.66. The molecule has 2 fully saturated rings. The first-order valence-electron chi connectivity index (χ1n) is 8.78. The number of benzene rings is 1. The van der Waals surface area contributed by atoms with Gasteiger partial charge in [0.15, 0.2) is 0 Å². The zero-order valence-electron chi connectivity index (χ0n) is 14.1. The number of primary amides is 1. The number of carbonyl (C=O) groups is 2. The molecule has 2 heterocycles. The van der Waals surface area contributed by atoms with Gasteiger partial charge in [-0.15, -0.1) is 0 Å². The van der Waals surface area contributed by atoms with Gasteiger partial charge < -0.3 is 20.4 Å². The van der Waals surface area contributed by atoms with Gasteiger partial charge in [-0.2, -0.15) is 0 Å². The zero-order valence-corrected chi connectivity index (χ0v) is 14.1. The van der Waals surface area contributed by atoms with Crippen LogP contribution in [0, 0.1) is 5.92 Å². The maximum Gasteiger partial charge on any atom is 0.314 e. The van der Waals surface area contributed by atoms with Crippen LogP contribution in [-0.4, -0.2) is 61.0 Å². The highest BCUT2D eigenvalue weighted by Gasteiger charge is 2.31. The minimum Gasteiger partial charge on any atom is -0.370 e. The second-order valence-corrected chi connectivity index (χ2v) is 6.62. The van der Waals surface area contributed by atoms with E-state index in [9.17, 15) is 9.59 Å². The Morgan fingerprint density at radius 2 is 1.67 bits per heavy atom. The summed E-state index contributed by atoms with van der Waals surface area (Å²) >= 11 is 0. The maximum absolute atomic E-state index is 12.8. The number of rotatable bonds is 2. The van der Waals surface area contributed by atoms with E-state index in [2.05, 4.69) is 17.0 Å². The van der Waals surface area contributed by atoms with E-state index in [4.69, 9.17) is 5.73 Å². The monoisotopic (exact) mass is 330 g/mol. The molecule has 6 heteroatoms. The lowest BCUT2D eigenvalue weighted by Crippen LogP contribution is -2.48. The fourth-order valence-electron chi connectivity index (χ4n) is 3.67. The fourth-order valence-corrected chi connectivity index (χ4v) is 3.67. The average Bonchev–Trinajstić information content (AvgIpc) is 2.88. The Labute approximate surface area is 143 Å². The zero-order chi connectivity index (χ0) is 16.9. The maximum atomic E-state index is 12.8. The summed E-state index contributed by atoms with van der Waals surface area (Å²) in [6, 6.07) is 9.92. The quantitative estimate of drug-likeness (QED) is 0.894. The van der Waals surface area contributed by atoms with Crippen LogP contribution in [0.3, 0.4) is 0 Å². The van der Waals surface area contributed by atoms with Crippen LogP contribution in [0.5, 0.6) is 0 Å². The Balaban J connectivity index is 1.59. The van der Waals surface area contributed by atoms with Crippen LogP contribution in [-0.2, 0) is 4.79 Å². The number of hydrogen-bond donors (Lipinski definition) is 1. The van der Waals surface area contributed by atoms with E-state index < -0.39 is 6.03 Å². The predicted octanol–water partition coefficient (Wildman–Crippen LogP) is 1.52. The van der Waals surface area contributed by atoms with Gasteiger partial charge in [0.25, 0.3) is 0 Å². The number of urea groups is 1. The lowest BCUT2D eigenvalue weighted by atomic mass is 9.96. The van der Waals surface area contributed by atoms with Gasteiger partial charge in [0.05, 0.1) is 5.92 Å². The van der Waals surface area contributed by atoms with E-state index in [1.165, 1.54) is 5.69 Å². The van der Waals surface area contributed by atoms with Crippen LogP contribution >= 0.6 is 0 Å². The molecule has 2 saturated heterocycles. The van der Waals surface area contributed by atoms with Crippen LogP contribution in [0.25, 0.3) is 0 Å². The van der Waals surface area contributed by atoms with Gasteiger partial charge in [-0.25, -0.2) is 4.79 Å². The Hall–Kier alpha value is -2.24. The van der Waals surface area contributed by atoms with Crippen molar-refractivity contribution in [3.8, 4) is 0 Å².